The van der Waals surface area contributed by atoms with Crippen molar-refractivity contribution >= 4 is 38.7 Å². The Labute approximate surface area is 295 Å². The predicted molar refractivity (Wildman–Crippen MR) is 193 cm³/mol. The first-order chi connectivity index (χ1) is 22.7. The average Bonchev–Trinajstić information content (AvgIpc) is 3.43. The summed E-state index contributed by atoms with van der Waals surface area (Å²) in [5.41, 5.74) is -3.18. The van der Waals surface area contributed by atoms with E-state index in [1.165, 1.54) is 29.9 Å². The van der Waals surface area contributed by atoms with Crippen LogP contribution in [0.2, 0.25) is 36.3 Å². The van der Waals surface area contributed by atoms with Crippen LogP contribution in [0.4, 0.5) is 4.79 Å². The van der Waals surface area contributed by atoms with Gasteiger partial charge in [-0.1, -0.05) is 59.7 Å². The van der Waals surface area contributed by atoms with Crippen LogP contribution in [0.3, 0.4) is 0 Å². The van der Waals surface area contributed by atoms with E-state index < -0.39 is 79.0 Å². The maximum atomic E-state index is 13.7. The molecule has 2 aliphatic heterocycles. The highest BCUT2D eigenvalue weighted by molar-refractivity contribution is 7.90. The third-order valence-electron chi connectivity index (χ3n) is 10.3. The van der Waals surface area contributed by atoms with Gasteiger partial charge < -0.3 is 18.9 Å². The molecule has 0 radical (unpaired) electrons. The molecule has 0 bridgehead atoms. The zero-order valence-electron chi connectivity index (χ0n) is 30.9. The Balaban J connectivity index is 1.94. The SMILES string of the molecule is Cc1cn([C@@H]2OC(CO[Si](C)(C)C(C)(C)C)C3(OS(=O)(=O)C=C3NC(=O)NC(=O)c3ccccc3)[C@H]2O[Si](C)(C)C(C)(C)C)c(=O)n(C)c1=O. The highest BCUT2D eigenvalue weighted by atomic mass is 32.2. The summed E-state index contributed by atoms with van der Waals surface area (Å²) in [7, 11) is -8.58. The van der Waals surface area contributed by atoms with E-state index in [1.54, 1.807) is 25.1 Å². The van der Waals surface area contributed by atoms with E-state index in [0.29, 0.717) is 0 Å². The van der Waals surface area contributed by atoms with Gasteiger partial charge in [0.1, 0.15) is 12.2 Å². The number of benzene rings is 1. The number of carbonyl (C=O) groups excluding carboxylic acids is 2. The van der Waals surface area contributed by atoms with Gasteiger partial charge >= 0.3 is 11.7 Å². The smallest absolute Gasteiger partial charge is 0.332 e. The quantitative estimate of drug-likeness (QED) is 0.294. The number of hydrogen-bond acceptors (Lipinski definition) is 10. The van der Waals surface area contributed by atoms with Crippen molar-refractivity contribution in [3.8, 4) is 0 Å². The maximum absolute atomic E-state index is 13.7. The highest BCUT2D eigenvalue weighted by Crippen LogP contribution is 2.52. The Kier molecular flexibility index (Phi) is 10.6. The molecule has 1 aromatic carbocycles. The van der Waals surface area contributed by atoms with Crippen LogP contribution in [-0.2, 0) is 34.9 Å². The van der Waals surface area contributed by atoms with E-state index in [9.17, 15) is 27.6 Å². The van der Waals surface area contributed by atoms with E-state index in [-0.39, 0.29) is 28.5 Å². The molecule has 1 saturated heterocycles. The minimum absolute atomic E-state index is 0.204. The minimum atomic E-state index is -4.51. The summed E-state index contributed by atoms with van der Waals surface area (Å²) >= 11 is 0. The van der Waals surface area contributed by atoms with E-state index in [0.717, 1.165) is 9.98 Å². The number of aromatic nitrogens is 2. The van der Waals surface area contributed by atoms with Crippen molar-refractivity contribution in [3.63, 3.8) is 0 Å². The summed E-state index contributed by atoms with van der Waals surface area (Å²) in [5, 5.41) is 4.88. The Morgan fingerprint density at radius 2 is 1.56 bits per heavy atom. The lowest BCUT2D eigenvalue weighted by molar-refractivity contribution is -0.0571. The molecule has 1 aromatic heterocycles. The van der Waals surface area contributed by atoms with Crippen LogP contribution in [0.5, 0.6) is 0 Å². The molecule has 4 atom stereocenters. The first kappa shape index (κ1) is 39.6. The number of hydrogen-bond donors (Lipinski definition) is 2. The Bertz CT molecular complexity index is 1910. The molecular formula is C33H50N4O10SSi2. The van der Waals surface area contributed by atoms with Crippen molar-refractivity contribution in [3.05, 3.63) is 79.6 Å². The predicted octanol–water partition coefficient (Wildman–Crippen LogP) is 4.24. The third-order valence-corrected chi connectivity index (χ3v) is 20.3. The number of aryl methyl sites for hydroxylation is 1. The van der Waals surface area contributed by atoms with Crippen molar-refractivity contribution < 1.29 is 35.8 Å². The third kappa shape index (κ3) is 7.54. The summed E-state index contributed by atoms with van der Waals surface area (Å²) in [4.78, 5) is 52.8. The number of ether oxygens (including phenoxy) is 1. The van der Waals surface area contributed by atoms with Crippen LogP contribution < -0.4 is 21.9 Å². The van der Waals surface area contributed by atoms with Crippen LogP contribution in [0.25, 0.3) is 0 Å². The first-order valence-corrected chi connectivity index (χ1v) is 23.6. The van der Waals surface area contributed by atoms with Gasteiger partial charge in [0, 0.05) is 24.4 Å². The zero-order chi connectivity index (χ0) is 37.8. The van der Waals surface area contributed by atoms with E-state index in [2.05, 4.69) is 10.6 Å². The lowest BCUT2D eigenvalue weighted by atomic mass is 9.89. The standard InChI is InChI=1S/C33H50N4O10SSi2/c1-21-18-37(30(41)36(8)27(21)39)28-25(46-50(11,12)32(5,6)7)33(24(45-28)19-44-49(9,10)31(2,3)4)23(20-48(42,43)47-33)34-29(40)35-26(38)22-16-14-13-15-17-22/h13-18,20,24-25,28H,19H2,1-12H3,(H2,34,35,38,40)/t24?,25-,28+,33?/m0/s1. The number of urea groups is 1. The molecule has 2 N–H and O–H groups in total. The van der Waals surface area contributed by atoms with Gasteiger partial charge in [-0.3, -0.25) is 24.0 Å². The molecule has 2 aliphatic rings. The molecule has 1 spiro atoms. The van der Waals surface area contributed by atoms with Crippen LogP contribution in [-0.4, -0.2) is 70.5 Å². The molecule has 14 nitrogen and oxygen atoms in total. The van der Waals surface area contributed by atoms with Crippen molar-refractivity contribution in [1.82, 2.24) is 19.8 Å². The molecule has 276 valence electrons. The number of rotatable bonds is 8. The normalized spacial score (nSPS) is 23.9. The number of nitrogens with one attached hydrogen (secondary N) is 2. The molecule has 2 unspecified atom stereocenters. The van der Waals surface area contributed by atoms with E-state index in [1.807, 2.05) is 67.7 Å². The zero-order valence-corrected chi connectivity index (χ0v) is 33.7. The Morgan fingerprint density at radius 1 is 0.980 bits per heavy atom. The Hall–Kier alpha value is -3.20. The largest absolute Gasteiger partial charge is 0.414 e. The fraction of sp³-hybridized carbons (Fsp3) is 0.576. The Morgan fingerprint density at radius 3 is 2.12 bits per heavy atom. The molecule has 0 aliphatic carbocycles. The lowest BCUT2D eigenvalue weighted by Gasteiger charge is -2.44. The molecule has 1 fully saturated rings. The fourth-order valence-corrected chi connectivity index (χ4v) is 8.78. The average molecular weight is 751 g/mol. The van der Waals surface area contributed by atoms with Gasteiger partial charge in [0.05, 0.1) is 17.7 Å². The molecule has 2 aromatic rings. The van der Waals surface area contributed by atoms with Gasteiger partial charge in [0.2, 0.25) is 0 Å². The van der Waals surface area contributed by atoms with Crippen LogP contribution in [0, 0.1) is 6.92 Å². The summed E-state index contributed by atoms with van der Waals surface area (Å²) in [6, 6.07) is 7.00. The summed E-state index contributed by atoms with van der Waals surface area (Å²) in [5.74, 6) is -0.723. The monoisotopic (exact) mass is 750 g/mol. The summed E-state index contributed by atoms with van der Waals surface area (Å²) in [6.45, 7) is 21.3. The lowest BCUT2D eigenvalue weighted by Crippen LogP contribution is -2.60. The van der Waals surface area contributed by atoms with Gasteiger partial charge in [-0.05, 0) is 55.3 Å². The van der Waals surface area contributed by atoms with Crippen molar-refractivity contribution in [2.45, 2.75) is 109 Å². The van der Waals surface area contributed by atoms with Crippen molar-refractivity contribution in [2.24, 2.45) is 7.05 Å². The van der Waals surface area contributed by atoms with Gasteiger partial charge in [0.25, 0.3) is 21.6 Å². The van der Waals surface area contributed by atoms with Crippen LogP contribution in [0.15, 0.2) is 57.2 Å². The van der Waals surface area contributed by atoms with Crippen LogP contribution in [0.1, 0.15) is 63.7 Å². The second kappa shape index (κ2) is 13.4. The first-order valence-electron chi connectivity index (χ1n) is 16.4. The number of nitrogens with zero attached hydrogens (tertiary/aromatic N) is 2. The topological polar surface area (TPSA) is 173 Å². The van der Waals surface area contributed by atoms with Crippen LogP contribution >= 0.6 is 0 Å². The minimum Gasteiger partial charge on any atom is -0.414 e. The number of amides is 3. The van der Waals surface area contributed by atoms with Gasteiger partial charge in [0.15, 0.2) is 28.5 Å². The molecule has 0 saturated carbocycles. The van der Waals surface area contributed by atoms with Gasteiger partial charge in [-0.2, -0.15) is 8.42 Å². The number of imide groups is 1. The molecule has 3 heterocycles. The van der Waals surface area contributed by atoms with E-state index >= 15 is 0 Å². The second-order valence-corrected chi connectivity index (χ2v) is 26.9. The molecule has 50 heavy (non-hydrogen) atoms. The maximum Gasteiger partial charge on any atom is 0.332 e. The van der Waals surface area contributed by atoms with E-state index in [4.69, 9.17) is 17.8 Å². The molecule has 4 rings (SSSR count). The summed E-state index contributed by atoms with van der Waals surface area (Å²) in [6.07, 6.45) is -2.65. The van der Waals surface area contributed by atoms with Gasteiger partial charge in [-0.25, -0.2) is 13.8 Å². The summed E-state index contributed by atoms with van der Waals surface area (Å²) < 4.78 is 55.3. The van der Waals surface area contributed by atoms with Crippen molar-refractivity contribution in [2.75, 3.05) is 6.61 Å². The molecule has 17 heteroatoms. The second-order valence-electron chi connectivity index (χ2n) is 15.9. The molecular weight excluding hydrogens is 701 g/mol. The fourth-order valence-electron chi connectivity index (χ4n) is 5.25. The van der Waals surface area contributed by atoms with Gasteiger partial charge in [-0.15, -0.1) is 0 Å². The van der Waals surface area contributed by atoms with Crippen molar-refractivity contribution in [1.29, 1.82) is 0 Å². The molecule has 3 amide bonds. The highest BCUT2D eigenvalue weighted by Gasteiger charge is 2.68. The number of carbonyl (C=O) groups is 2.